The molecule has 1 aliphatic rings. The number of rotatable bonds is 3. The first-order chi connectivity index (χ1) is 13.4. The SMILES string of the molecule is CC1(O)C(=CC(=Nc2ccccc2)c2ccccc2)Nc2cc(Cl)c(Cl)cc21. The third kappa shape index (κ3) is 3.57. The number of nitrogens with one attached hydrogen (secondary N) is 1. The third-order valence-corrected chi connectivity index (χ3v) is 5.46. The molecule has 3 aromatic rings. The third-order valence-electron chi connectivity index (χ3n) is 4.74. The minimum Gasteiger partial charge on any atom is -0.379 e. The lowest BCUT2D eigenvalue weighted by Crippen LogP contribution is -2.22. The molecule has 0 bridgehead atoms. The average molecular weight is 409 g/mol. The molecule has 0 aromatic heterocycles. The fourth-order valence-electron chi connectivity index (χ4n) is 3.21. The lowest BCUT2D eigenvalue weighted by molar-refractivity contribution is 0.105. The highest BCUT2D eigenvalue weighted by Gasteiger charge is 2.38. The van der Waals surface area contributed by atoms with E-state index in [9.17, 15) is 5.11 Å². The van der Waals surface area contributed by atoms with E-state index in [0.29, 0.717) is 21.3 Å². The Labute approximate surface area is 174 Å². The van der Waals surface area contributed by atoms with Crippen molar-refractivity contribution in [2.24, 2.45) is 4.99 Å². The summed E-state index contributed by atoms with van der Waals surface area (Å²) < 4.78 is 0. The predicted octanol–water partition coefficient (Wildman–Crippen LogP) is 6.33. The van der Waals surface area contributed by atoms with Gasteiger partial charge in [0.1, 0.15) is 5.60 Å². The van der Waals surface area contributed by atoms with E-state index in [1.54, 1.807) is 19.1 Å². The molecule has 0 saturated heterocycles. The van der Waals surface area contributed by atoms with Crippen LogP contribution in [0.3, 0.4) is 0 Å². The van der Waals surface area contributed by atoms with Crippen LogP contribution in [0.5, 0.6) is 0 Å². The summed E-state index contributed by atoms with van der Waals surface area (Å²) in [6.45, 7) is 1.73. The second-order valence-corrected chi connectivity index (χ2v) is 7.58. The van der Waals surface area contributed by atoms with E-state index in [0.717, 1.165) is 22.6 Å². The van der Waals surface area contributed by atoms with Gasteiger partial charge in [-0.25, -0.2) is 4.99 Å². The molecule has 28 heavy (non-hydrogen) atoms. The highest BCUT2D eigenvalue weighted by atomic mass is 35.5. The summed E-state index contributed by atoms with van der Waals surface area (Å²) in [7, 11) is 0. The van der Waals surface area contributed by atoms with Crippen molar-refractivity contribution < 1.29 is 5.11 Å². The maximum absolute atomic E-state index is 11.2. The summed E-state index contributed by atoms with van der Waals surface area (Å²) in [6.07, 6.45) is 1.87. The Morgan fingerprint density at radius 1 is 0.964 bits per heavy atom. The predicted molar refractivity (Wildman–Crippen MR) is 117 cm³/mol. The van der Waals surface area contributed by atoms with Crippen molar-refractivity contribution in [2.45, 2.75) is 12.5 Å². The number of hydrogen-bond donors (Lipinski definition) is 2. The average Bonchev–Trinajstić information content (AvgIpc) is 2.93. The zero-order chi connectivity index (χ0) is 19.7. The molecule has 0 spiro atoms. The van der Waals surface area contributed by atoms with Gasteiger partial charge < -0.3 is 10.4 Å². The number of hydrogen-bond acceptors (Lipinski definition) is 3. The summed E-state index contributed by atoms with van der Waals surface area (Å²) >= 11 is 12.3. The van der Waals surface area contributed by atoms with E-state index in [-0.39, 0.29) is 0 Å². The summed E-state index contributed by atoms with van der Waals surface area (Å²) in [5.41, 5.74) is 3.30. The minimum absolute atomic E-state index is 0.407. The first-order valence-electron chi connectivity index (χ1n) is 8.85. The van der Waals surface area contributed by atoms with Crippen LogP contribution >= 0.6 is 23.2 Å². The van der Waals surface area contributed by atoms with Crippen molar-refractivity contribution in [3.63, 3.8) is 0 Å². The van der Waals surface area contributed by atoms with Crippen LogP contribution in [0, 0.1) is 0 Å². The van der Waals surface area contributed by atoms with Gasteiger partial charge in [0.25, 0.3) is 0 Å². The monoisotopic (exact) mass is 408 g/mol. The smallest absolute Gasteiger partial charge is 0.129 e. The maximum Gasteiger partial charge on any atom is 0.129 e. The molecule has 1 aliphatic heterocycles. The Hall–Kier alpha value is -2.59. The lowest BCUT2D eigenvalue weighted by Gasteiger charge is -2.19. The lowest BCUT2D eigenvalue weighted by atomic mass is 9.94. The van der Waals surface area contributed by atoms with Gasteiger partial charge in [0.05, 0.1) is 27.1 Å². The first kappa shape index (κ1) is 18.8. The fraction of sp³-hybridized carbons (Fsp3) is 0.0870. The molecule has 1 unspecified atom stereocenters. The molecule has 4 rings (SSSR count). The van der Waals surface area contributed by atoms with Crippen molar-refractivity contribution in [1.82, 2.24) is 0 Å². The Morgan fingerprint density at radius 2 is 1.57 bits per heavy atom. The maximum atomic E-state index is 11.2. The van der Waals surface area contributed by atoms with Crippen molar-refractivity contribution in [3.05, 3.63) is 106 Å². The molecule has 0 amide bonds. The van der Waals surface area contributed by atoms with Crippen LogP contribution < -0.4 is 5.32 Å². The summed E-state index contributed by atoms with van der Waals surface area (Å²) in [5.74, 6) is 0. The Bertz CT molecular complexity index is 1070. The zero-order valence-corrected chi connectivity index (χ0v) is 16.7. The van der Waals surface area contributed by atoms with Gasteiger partial charge in [0, 0.05) is 16.8 Å². The molecular formula is C23H18Cl2N2O. The van der Waals surface area contributed by atoms with Crippen molar-refractivity contribution in [3.8, 4) is 0 Å². The van der Waals surface area contributed by atoms with Crippen molar-refractivity contribution in [2.75, 3.05) is 5.32 Å². The normalized spacial score (nSPS) is 20.1. The Balaban J connectivity index is 1.82. The number of aliphatic imine (C=N–C) groups is 1. The van der Waals surface area contributed by atoms with Crippen molar-refractivity contribution >= 4 is 40.3 Å². The van der Waals surface area contributed by atoms with Gasteiger partial charge in [-0.3, -0.25) is 0 Å². The van der Waals surface area contributed by atoms with E-state index in [1.165, 1.54) is 0 Å². The first-order valence-corrected chi connectivity index (χ1v) is 9.61. The van der Waals surface area contributed by atoms with Gasteiger partial charge in [-0.15, -0.1) is 0 Å². The zero-order valence-electron chi connectivity index (χ0n) is 15.2. The van der Waals surface area contributed by atoms with Crippen LogP contribution in [0.25, 0.3) is 0 Å². The molecule has 0 radical (unpaired) electrons. The molecule has 140 valence electrons. The van der Waals surface area contributed by atoms with Crippen LogP contribution in [0.2, 0.25) is 10.0 Å². The Kier molecular flexibility index (Phi) is 4.98. The number of aliphatic hydroxyl groups is 1. The number of allylic oxidation sites excluding steroid dienone is 1. The van der Waals surface area contributed by atoms with Gasteiger partial charge in [0.15, 0.2) is 0 Å². The van der Waals surface area contributed by atoms with Crippen molar-refractivity contribution in [1.29, 1.82) is 0 Å². The van der Waals surface area contributed by atoms with Crippen LogP contribution in [0.15, 0.2) is 89.6 Å². The van der Waals surface area contributed by atoms with Gasteiger partial charge in [0.2, 0.25) is 0 Å². The number of fused-ring (bicyclic) bond motifs is 1. The topological polar surface area (TPSA) is 44.6 Å². The molecule has 3 aromatic carbocycles. The molecule has 0 saturated carbocycles. The molecular weight excluding hydrogens is 391 g/mol. The fourth-order valence-corrected chi connectivity index (χ4v) is 3.54. The van der Waals surface area contributed by atoms with Crippen LogP contribution in [0.1, 0.15) is 18.1 Å². The van der Waals surface area contributed by atoms with E-state index < -0.39 is 5.60 Å². The highest BCUT2D eigenvalue weighted by molar-refractivity contribution is 6.42. The number of anilines is 1. The van der Waals surface area contributed by atoms with Gasteiger partial charge in [-0.05, 0) is 37.3 Å². The summed E-state index contributed by atoms with van der Waals surface area (Å²) in [5, 5.41) is 15.3. The van der Waals surface area contributed by atoms with Crippen LogP contribution in [-0.2, 0) is 5.60 Å². The second-order valence-electron chi connectivity index (χ2n) is 6.77. The molecule has 5 heteroatoms. The molecule has 1 atom stereocenters. The molecule has 1 heterocycles. The van der Waals surface area contributed by atoms with Gasteiger partial charge in [-0.2, -0.15) is 0 Å². The molecule has 3 nitrogen and oxygen atoms in total. The Morgan fingerprint density at radius 3 is 2.25 bits per heavy atom. The molecule has 0 fully saturated rings. The summed E-state index contributed by atoms with van der Waals surface area (Å²) in [6, 6.07) is 23.0. The largest absolute Gasteiger partial charge is 0.379 e. The second kappa shape index (κ2) is 7.44. The quantitative estimate of drug-likeness (QED) is 0.497. The van der Waals surface area contributed by atoms with E-state index in [2.05, 4.69) is 5.32 Å². The highest BCUT2D eigenvalue weighted by Crippen LogP contribution is 2.44. The molecule has 2 N–H and O–H groups in total. The number of benzene rings is 3. The summed E-state index contributed by atoms with van der Waals surface area (Å²) in [4.78, 5) is 4.79. The van der Waals surface area contributed by atoms with Gasteiger partial charge in [-0.1, -0.05) is 71.7 Å². The van der Waals surface area contributed by atoms with E-state index in [1.807, 2.05) is 66.7 Å². The standard InChI is InChI=1S/C23H18Cl2N2O/c1-23(28)17-12-18(24)19(25)13-21(17)27-22(23)14-20(15-8-4-2-5-9-15)26-16-10-6-3-7-11-16/h2-14,27-28H,1H3. The van der Waals surface area contributed by atoms with E-state index in [4.69, 9.17) is 28.2 Å². The van der Waals surface area contributed by atoms with Gasteiger partial charge >= 0.3 is 0 Å². The van der Waals surface area contributed by atoms with Crippen LogP contribution in [-0.4, -0.2) is 10.8 Å². The minimum atomic E-state index is -1.24. The number of halogens is 2. The van der Waals surface area contributed by atoms with E-state index >= 15 is 0 Å². The van der Waals surface area contributed by atoms with Crippen LogP contribution in [0.4, 0.5) is 11.4 Å². The molecule has 0 aliphatic carbocycles. The number of nitrogens with zero attached hydrogens (tertiary/aromatic N) is 1. The number of para-hydroxylation sites is 1.